The van der Waals surface area contributed by atoms with Crippen molar-refractivity contribution in [3.8, 4) is 0 Å². The van der Waals surface area contributed by atoms with Crippen LogP contribution in [0.3, 0.4) is 0 Å². The molecule has 0 unspecified atom stereocenters. The van der Waals surface area contributed by atoms with Crippen LogP contribution in [0.1, 0.15) is 25.0 Å². The van der Waals surface area contributed by atoms with Crippen molar-refractivity contribution in [2.75, 3.05) is 17.6 Å². The molecule has 3 nitrogen and oxygen atoms in total. The van der Waals surface area contributed by atoms with Crippen LogP contribution in [0.4, 0.5) is 10.8 Å². The molecule has 0 spiro atoms. The highest BCUT2D eigenvalue weighted by atomic mass is 32.1. The van der Waals surface area contributed by atoms with Crippen molar-refractivity contribution in [3.63, 3.8) is 0 Å². The van der Waals surface area contributed by atoms with Gasteiger partial charge in [0.15, 0.2) is 0 Å². The summed E-state index contributed by atoms with van der Waals surface area (Å²) < 4.78 is 4.15. The third-order valence-electron chi connectivity index (χ3n) is 3.21. The third-order valence-corrected chi connectivity index (χ3v) is 4.13. The van der Waals surface area contributed by atoms with Gasteiger partial charge in [-0.3, -0.25) is 0 Å². The minimum absolute atomic E-state index is 0.0758. The second kappa shape index (κ2) is 4.98. The van der Waals surface area contributed by atoms with Crippen molar-refractivity contribution in [1.29, 1.82) is 0 Å². The van der Waals surface area contributed by atoms with Crippen molar-refractivity contribution in [2.45, 2.75) is 26.2 Å². The molecule has 0 amide bonds. The van der Waals surface area contributed by atoms with Gasteiger partial charge in [-0.2, -0.15) is 4.37 Å². The quantitative estimate of drug-likeness (QED) is 0.886. The molecule has 4 heteroatoms. The Hall–Kier alpha value is -1.55. The zero-order chi connectivity index (χ0) is 13.2. The Morgan fingerprint density at radius 2 is 1.94 bits per heavy atom. The molecule has 1 aromatic carbocycles. The first-order chi connectivity index (χ1) is 8.50. The number of rotatable bonds is 4. The third kappa shape index (κ3) is 2.64. The van der Waals surface area contributed by atoms with Gasteiger partial charge in [-0.15, -0.1) is 0 Å². The Bertz CT molecular complexity index is 517. The molecule has 0 saturated carbocycles. The number of hydrogen-bond acceptors (Lipinski definition) is 4. The first-order valence-electron chi connectivity index (χ1n) is 6.02. The molecule has 1 heterocycles. The van der Waals surface area contributed by atoms with E-state index in [-0.39, 0.29) is 5.41 Å². The van der Waals surface area contributed by atoms with E-state index >= 15 is 0 Å². The molecule has 0 bridgehead atoms. The Morgan fingerprint density at radius 1 is 1.28 bits per heavy atom. The number of benzene rings is 1. The minimum Gasteiger partial charge on any atom is -0.383 e. The number of aromatic nitrogens is 1. The van der Waals surface area contributed by atoms with Crippen LogP contribution >= 0.6 is 11.5 Å². The number of nitrogens with zero attached hydrogens (tertiary/aromatic N) is 1. The molecular weight excluding hydrogens is 242 g/mol. The van der Waals surface area contributed by atoms with E-state index in [1.807, 2.05) is 13.0 Å². The van der Waals surface area contributed by atoms with E-state index in [0.717, 1.165) is 17.1 Å². The number of nitrogens with one attached hydrogen (secondary N) is 1. The number of hydrogen-bond donors (Lipinski definition) is 2. The van der Waals surface area contributed by atoms with Crippen molar-refractivity contribution in [3.05, 3.63) is 41.5 Å². The summed E-state index contributed by atoms with van der Waals surface area (Å²) in [4.78, 5) is 0. The smallest absolute Gasteiger partial charge is 0.142 e. The van der Waals surface area contributed by atoms with Gasteiger partial charge in [0.05, 0.1) is 0 Å². The standard InChI is InChI=1S/C14H19N3S/c1-10-12(15)17-18-13(10)16-9-14(2,3)11-7-5-4-6-8-11/h4-8,16H,9H2,1-3H3,(H2,15,17). The summed E-state index contributed by atoms with van der Waals surface area (Å²) >= 11 is 1.43. The SMILES string of the molecule is Cc1c(N)nsc1NCC(C)(C)c1ccccc1. The maximum Gasteiger partial charge on any atom is 0.142 e. The van der Waals surface area contributed by atoms with E-state index in [2.05, 4.69) is 47.8 Å². The minimum atomic E-state index is 0.0758. The van der Waals surface area contributed by atoms with Crippen LogP contribution in [0, 0.1) is 6.92 Å². The second-order valence-electron chi connectivity index (χ2n) is 5.13. The van der Waals surface area contributed by atoms with Crippen molar-refractivity contribution in [1.82, 2.24) is 4.37 Å². The molecule has 0 aliphatic rings. The molecule has 2 rings (SSSR count). The van der Waals surface area contributed by atoms with Gasteiger partial charge in [0.2, 0.25) is 0 Å². The fourth-order valence-corrected chi connectivity index (χ4v) is 2.51. The van der Waals surface area contributed by atoms with E-state index in [4.69, 9.17) is 5.73 Å². The van der Waals surface area contributed by atoms with Gasteiger partial charge in [-0.05, 0) is 24.0 Å². The van der Waals surface area contributed by atoms with Gasteiger partial charge >= 0.3 is 0 Å². The molecule has 0 fully saturated rings. The maximum atomic E-state index is 5.75. The van der Waals surface area contributed by atoms with Crippen LogP contribution < -0.4 is 11.1 Å². The summed E-state index contributed by atoms with van der Waals surface area (Å²) in [6, 6.07) is 10.5. The van der Waals surface area contributed by atoms with Gasteiger partial charge in [0.1, 0.15) is 10.8 Å². The second-order valence-corrected chi connectivity index (χ2v) is 5.90. The lowest BCUT2D eigenvalue weighted by Gasteiger charge is -2.25. The molecule has 96 valence electrons. The summed E-state index contributed by atoms with van der Waals surface area (Å²) in [6.45, 7) is 7.32. The Labute approximate surface area is 112 Å². The van der Waals surface area contributed by atoms with Crippen molar-refractivity contribution < 1.29 is 0 Å². The average Bonchev–Trinajstić information content (AvgIpc) is 2.69. The first-order valence-corrected chi connectivity index (χ1v) is 6.79. The highest BCUT2D eigenvalue weighted by Gasteiger charge is 2.20. The number of nitrogens with two attached hydrogens (primary N) is 1. The summed E-state index contributed by atoms with van der Waals surface area (Å²) in [7, 11) is 0. The predicted octanol–water partition coefficient (Wildman–Crippen LogP) is 3.42. The number of nitrogen functional groups attached to an aromatic ring is 1. The lowest BCUT2D eigenvalue weighted by atomic mass is 9.85. The zero-order valence-corrected chi connectivity index (χ0v) is 11.8. The average molecular weight is 261 g/mol. The molecule has 0 saturated heterocycles. The summed E-state index contributed by atoms with van der Waals surface area (Å²) in [5.74, 6) is 0.625. The van der Waals surface area contributed by atoms with E-state index in [1.165, 1.54) is 17.1 Å². The van der Waals surface area contributed by atoms with E-state index in [9.17, 15) is 0 Å². The Kier molecular flexibility index (Phi) is 3.57. The summed E-state index contributed by atoms with van der Waals surface area (Å²) in [5, 5.41) is 4.51. The van der Waals surface area contributed by atoms with Crippen LogP contribution in [-0.2, 0) is 5.41 Å². The largest absolute Gasteiger partial charge is 0.383 e. The highest BCUT2D eigenvalue weighted by Crippen LogP contribution is 2.28. The van der Waals surface area contributed by atoms with Crippen LogP contribution in [0.25, 0.3) is 0 Å². The Balaban J connectivity index is 2.08. The van der Waals surface area contributed by atoms with E-state index in [0.29, 0.717) is 5.82 Å². The molecule has 0 radical (unpaired) electrons. The molecule has 3 N–H and O–H groups in total. The van der Waals surface area contributed by atoms with Gasteiger partial charge in [-0.25, -0.2) is 0 Å². The molecule has 2 aromatic rings. The van der Waals surface area contributed by atoms with Crippen LogP contribution in [0.2, 0.25) is 0 Å². The van der Waals surface area contributed by atoms with E-state index in [1.54, 1.807) is 0 Å². The van der Waals surface area contributed by atoms with E-state index < -0.39 is 0 Å². The van der Waals surface area contributed by atoms with Gasteiger partial charge < -0.3 is 11.1 Å². The first kappa shape index (κ1) is 12.9. The molecule has 0 atom stereocenters. The highest BCUT2D eigenvalue weighted by molar-refractivity contribution is 7.10. The summed E-state index contributed by atoms with van der Waals surface area (Å²) in [6.07, 6.45) is 0. The van der Waals surface area contributed by atoms with Crippen LogP contribution in [0.5, 0.6) is 0 Å². The van der Waals surface area contributed by atoms with Crippen molar-refractivity contribution in [2.24, 2.45) is 0 Å². The maximum absolute atomic E-state index is 5.75. The van der Waals surface area contributed by atoms with Gasteiger partial charge in [0.25, 0.3) is 0 Å². The molecule has 1 aromatic heterocycles. The fourth-order valence-electron chi connectivity index (χ4n) is 1.81. The number of anilines is 2. The van der Waals surface area contributed by atoms with Crippen LogP contribution in [-0.4, -0.2) is 10.9 Å². The molecule has 0 aliphatic carbocycles. The lowest BCUT2D eigenvalue weighted by molar-refractivity contribution is 0.557. The normalized spacial score (nSPS) is 11.5. The van der Waals surface area contributed by atoms with Gasteiger partial charge in [0, 0.05) is 17.5 Å². The molecular formula is C14H19N3S. The monoisotopic (exact) mass is 261 g/mol. The Morgan fingerprint density at radius 3 is 2.50 bits per heavy atom. The zero-order valence-electron chi connectivity index (χ0n) is 11.0. The topological polar surface area (TPSA) is 50.9 Å². The van der Waals surface area contributed by atoms with Crippen molar-refractivity contribution >= 4 is 22.4 Å². The molecule has 18 heavy (non-hydrogen) atoms. The summed E-state index contributed by atoms with van der Waals surface area (Å²) in [5.41, 5.74) is 8.20. The van der Waals surface area contributed by atoms with Gasteiger partial charge in [-0.1, -0.05) is 44.2 Å². The predicted molar refractivity (Wildman–Crippen MR) is 79.2 cm³/mol. The van der Waals surface area contributed by atoms with Crippen LogP contribution in [0.15, 0.2) is 30.3 Å². The molecule has 0 aliphatic heterocycles. The lowest BCUT2D eigenvalue weighted by Crippen LogP contribution is -2.27. The fraction of sp³-hybridized carbons (Fsp3) is 0.357.